The van der Waals surface area contributed by atoms with Crippen molar-refractivity contribution in [1.82, 2.24) is 4.90 Å². The van der Waals surface area contributed by atoms with Crippen LogP contribution >= 0.6 is 7.60 Å². The summed E-state index contributed by atoms with van der Waals surface area (Å²) in [6.07, 6.45) is 0. The van der Waals surface area contributed by atoms with Gasteiger partial charge in [0.2, 0.25) is 0 Å². The van der Waals surface area contributed by atoms with E-state index in [0.29, 0.717) is 13.2 Å². The van der Waals surface area contributed by atoms with Crippen LogP contribution in [0.2, 0.25) is 0 Å². The molecule has 1 atom stereocenters. The zero-order chi connectivity index (χ0) is 13.7. The molecular weight excluding hydrogens is 265 g/mol. The van der Waals surface area contributed by atoms with Crippen molar-refractivity contribution in [3.63, 3.8) is 0 Å². The standard InChI is InChI=1S/C13H20NO4P/c1-16-19(15,17-2)13(12-6-4-3-5-7-12)14-8-10-18-11-9-14/h3-7,13H,8-11H2,1-2H3. The summed E-state index contributed by atoms with van der Waals surface area (Å²) in [6, 6.07) is 9.69. The highest BCUT2D eigenvalue weighted by Crippen LogP contribution is 2.61. The van der Waals surface area contributed by atoms with E-state index in [1.165, 1.54) is 14.2 Å². The van der Waals surface area contributed by atoms with Crippen molar-refractivity contribution < 1.29 is 18.3 Å². The molecule has 1 unspecified atom stereocenters. The highest BCUT2D eigenvalue weighted by atomic mass is 31.2. The van der Waals surface area contributed by atoms with Crippen LogP contribution in [0.25, 0.3) is 0 Å². The minimum absolute atomic E-state index is 0.382. The molecule has 1 aliphatic heterocycles. The molecule has 0 saturated carbocycles. The second-order valence-electron chi connectivity index (χ2n) is 4.34. The molecule has 1 heterocycles. The number of rotatable bonds is 5. The Bertz CT molecular complexity index is 426. The Labute approximate surface area is 114 Å². The van der Waals surface area contributed by atoms with Crippen molar-refractivity contribution in [1.29, 1.82) is 0 Å². The molecule has 0 aromatic heterocycles. The number of ether oxygens (including phenoxy) is 1. The van der Waals surface area contributed by atoms with E-state index < -0.39 is 7.60 Å². The van der Waals surface area contributed by atoms with Crippen LogP contribution in [-0.4, -0.2) is 45.4 Å². The van der Waals surface area contributed by atoms with Crippen molar-refractivity contribution in [2.24, 2.45) is 0 Å². The summed E-state index contributed by atoms with van der Waals surface area (Å²) >= 11 is 0. The van der Waals surface area contributed by atoms with Gasteiger partial charge in [-0.3, -0.25) is 9.46 Å². The number of benzene rings is 1. The van der Waals surface area contributed by atoms with E-state index in [9.17, 15) is 4.57 Å². The van der Waals surface area contributed by atoms with Gasteiger partial charge < -0.3 is 13.8 Å². The lowest BCUT2D eigenvalue weighted by Gasteiger charge is -2.37. The third-order valence-electron chi connectivity index (χ3n) is 3.30. The van der Waals surface area contributed by atoms with E-state index >= 15 is 0 Å². The van der Waals surface area contributed by atoms with Crippen LogP contribution in [0.4, 0.5) is 0 Å². The molecule has 1 aromatic rings. The average molecular weight is 285 g/mol. The van der Waals surface area contributed by atoms with E-state index in [2.05, 4.69) is 4.90 Å². The molecule has 0 aliphatic carbocycles. The van der Waals surface area contributed by atoms with Gasteiger partial charge in [0.25, 0.3) is 0 Å². The SMILES string of the molecule is COP(=O)(OC)C(c1ccccc1)N1CCOCC1. The van der Waals surface area contributed by atoms with E-state index in [1.807, 2.05) is 30.3 Å². The summed E-state index contributed by atoms with van der Waals surface area (Å²) in [5.41, 5.74) is 0.941. The lowest BCUT2D eigenvalue weighted by atomic mass is 10.2. The van der Waals surface area contributed by atoms with Gasteiger partial charge in [-0.1, -0.05) is 30.3 Å². The molecule has 1 aliphatic rings. The molecule has 2 rings (SSSR count). The molecule has 5 nitrogen and oxygen atoms in total. The van der Waals surface area contributed by atoms with Gasteiger partial charge in [0, 0.05) is 27.3 Å². The number of morpholine rings is 1. The molecule has 106 valence electrons. The Kier molecular flexibility index (Phi) is 5.13. The van der Waals surface area contributed by atoms with Crippen molar-refractivity contribution in [3.05, 3.63) is 35.9 Å². The first-order chi connectivity index (χ1) is 9.21. The predicted octanol–water partition coefficient (Wildman–Crippen LogP) is 2.50. The molecular formula is C13H20NO4P. The van der Waals surface area contributed by atoms with E-state index in [4.69, 9.17) is 13.8 Å². The van der Waals surface area contributed by atoms with Gasteiger partial charge in [0.1, 0.15) is 5.78 Å². The van der Waals surface area contributed by atoms with Gasteiger partial charge in [-0.05, 0) is 5.56 Å². The Morgan fingerprint density at radius 2 is 1.74 bits per heavy atom. The van der Waals surface area contributed by atoms with Crippen molar-refractivity contribution in [2.45, 2.75) is 5.78 Å². The second kappa shape index (κ2) is 6.64. The third kappa shape index (κ3) is 3.25. The third-order valence-corrected chi connectivity index (χ3v) is 5.54. The fourth-order valence-corrected chi connectivity index (χ4v) is 4.03. The minimum atomic E-state index is -3.21. The molecule has 1 aromatic carbocycles. The maximum absolute atomic E-state index is 12.8. The molecule has 0 spiro atoms. The topological polar surface area (TPSA) is 48.0 Å². The molecule has 1 fully saturated rings. The van der Waals surface area contributed by atoms with Crippen LogP contribution in [0, 0.1) is 0 Å². The van der Waals surface area contributed by atoms with E-state index in [1.54, 1.807) is 0 Å². The monoisotopic (exact) mass is 285 g/mol. The average Bonchev–Trinajstić information content (AvgIpc) is 2.49. The molecule has 0 N–H and O–H groups in total. The Morgan fingerprint density at radius 1 is 1.16 bits per heavy atom. The minimum Gasteiger partial charge on any atom is -0.379 e. The van der Waals surface area contributed by atoms with Crippen molar-refractivity contribution in [3.8, 4) is 0 Å². The zero-order valence-electron chi connectivity index (χ0n) is 11.3. The van der Waals surface area contributed by atoms with Crippen molar-refractivity contribution in [2.75, 3.05) is 40.5 Å². The normalized spacial score (nSPS) is 19.3. The number of hydrogen-bond acceptors (Lipinski definition) is 5. The lowest BCUT2D eigenvalue weighted by molar-refractivity contribution is 0.0251. The van der Waals surface area contributed by atoms with Crippen LogP contribution in [0.5, 0.6) is 0 Å². The van der Waals surface area contributed by atoms with Gasteiger partial charge in [-0.25, -0.2) is 0 Å². The predicted molar refractivity (Wildman–Crippen MR) is 73.2 cm³/mol. The van der Waals surface area contributed by atoms with Gasteiger partial charge >= 0.3 is 7.60 Å². The van der Waals surface area contributed by atoms with Crippen LogP contribution in [0.15, 0.2) is 30.3 Å². The summed E-state index contributed by atoms with van der Waals surface area (Å²) in [5, 5.41) is 0. The fraction of sp³-hybridized carbons (Fsp3) is 0.538. The van der Waals surface area contributed by atoms with Crippen LogP contribution in [0.1, 0.15) is 11.3 Å². The second-order valence-corrected chi connectivity index (χ2v) is 6.64. The van der Waals surface area contributed by atoms with Crippen molar-refractivity contribution >= 4 is 7.60 Å². The Hall–Kier alpha value is -0.710. The Balaban J connectivity index is 2.35. The van der Waals surface area contributed by atoms with Gasteiger partial charge in [0.05, 0.1) is 13.2 Å². The number of hydrogen-bond donors (Lipinski definition) is 0. The summed E-state index contributed by atoms with van der Waals surface area (Å²) in [4.78, 5) is 2.10. The molecule has 6 heteroatoms. The van der Waals surface area contributed by atoms with Crippen LogP contribution < -0.4 is 0 Å². The first-order valence-electron chi connectivity index (χ1n) is 6.29. The first-order valence-corrected chi connectivity index (χ1v) is 7.90. The summed E-state index contributed by atoms with van der Waals surface area (Å²) in [7, 11) is -0.349. The van der Waals surface area contributed by atoms with Gasteiger partial charge in [-0.2, -0.15) is 0 Å². The first kappa shape index (κ1) is 14.7. The Morgan fingerprint density at radius 3 is 2.26 bits per heavy atom. The van der Waals surface area contributed by atoms with Gasteiger partial charge in [-0.15, -0.1) is 0 Å². The maximum atomic E-state index is 12.8. The molecule has 0 radical (unpaired) electrons. The smallest absolute Gasteiger partial charge is 0.351 e. The molecule has 1 saturated heterocycles. The summed E-state index contributed by atoms with van der Waals surface area (Å²) in [6.45, 7) is 2.71. The fourth-order valence-electron chi connectivity index (χ4n) is 2.31. The maximum Gasteiger partial charge on any atom is 0.351 e. The number of nitrogens with zero attached hydrogens (tertiary/aromatic N) is 1. The summed E-state index contributed by atoms with van der Waals surface area (Å²) < 4.78 is 28.6. The highest BCUT2D eigenvalue weighted by molar-refractivity contribution is 7.54. The largest absolute Gasteiger partial charge is 0.379 e. The quantitative estimate of drug-likeness (QED) is 0.778. The lowest BCUT2D eigenvalue weighted by Crippen LogP contribution is -2.39. The summed E-state index contributed by atoms with van der Waals surface area (Å²) in [5.74, 6) is -0.382. The molecule has 0 amide bonds. The highest BCUT2D eigenvalue weighted by Gasteiger charge is 2.40. The van der Waals surface area contributed by atoms with Crippen LogP contribution in [0.3, 0.4) is 0 Å². The molecule has 0 bridgehead atoms. The van der Waals surface area contributed by atoms with Crippen LogP contribution in [-0.2, 0) is 18.3 Å². The van der Waals surface area contributed by atoms with E-state index in [0.717, 1.165) is 18.7 Å². The zero-order valence-corrected chi connectivity index (χ0v) is 12.2. The van der Waals surface area contributed by atoms with Gasteiger partial charge in [0.15, 0.2) is 0 Å². The van der Waals surface area contributed by atoms with E-state index in [-0.39, 0.29) is 5.78 Å². The molecule has 19 heavy (non-hydrogen) atoms.